The molecular formula is C29H45N3. The van der Waals surface area contributed by atoms with Gasteiger partial charge in [-0.25, -0.2) is 9.97 Å². The Labute approximate surface area is 196 Å². The summed E-state index contributed by atoms with van der Waals surface area (Å²) in [5.41, 5.74) is 3.54. The molecule has 2 heterocycles. The monoisotopic (exact) mass is 435 g/mol. The van der Waals surface area contributed by atoms with Gasteiger partial charge in [-0.15, -0.1) is 0 Å². The molecule has 1 aliphatic carbocycles. The van der Waals surface area contributed by atoms with Gasteiger partial charge in [0, 0.05) is 35.8 Å². The van der Waals surface area contributed by atoms with E-state index >= 15 is 0 Å². The Balaban J connectivity index is 1.41. The lowest BCUT2D eigenvalue weighted by Crippen LogP contribution is -2.14. The van der Waals surface area contributed by atoms with E-state index in [2.05, 4.69) is 35.9 Å². The molecule has 3 nitrogen and oxygen atoms in total. The highest BCUT2D eigenvalue weighted by atomic mass is 14.9. The molecule has 3 rings (SSSR count). The average molecular weight is 436 g/mol. The van der Waals surface area contributed by atoms with Crippen molar-refractivity contribution in [3.8, 4) is 11.4 Å². The summed E-state index contributed by atoms with van der Waals surface area (Å²) in [6.45, 7) is 4.56. The minimum absolute atomic E-state index is 0.636. The van der Waals surface area contributed by atoms with Crippen LogP contribution in [0.3, 0.4) is 0 Å². The van der Waals surface area contributed by atoms with Crippen LogP contribution in [-0.2, 0) is 6.42 Å². The molecule has 3 heteroatoms. The van der Waals surface area contributed by atoms with Gasteiger partial charge in [-0.1, -0.05) is 78.1 Å². The molecular weight excluding hydrogens is 390 g/mol. The highest BCUT2D eigenvalue weighted by Crippen LogP contribution is 2.37. The third kappa shape index (κ3) is 8.30. The van der Waals surface area contributed by atoms with Gasteiger partial charge in [0.1, 0.15) is 0 Å². The summed E-state index contributed by atoms with van der Waals surface area (Å²) in [6, 6.07) is 4.39. The normalized spacial score (nSPS) is 18.7. The van der Waals surface area contributed by atoms with Gasteiger partial charge in [-0.3, -0.25) is 4.98 Å². The Hall–Kier alpha value is -1.77. The number of pyridine rings is 1. The lowest BCUT2D eigenvalue weighted by Gasteiger charge is -2.28. The van der Waals surface area contributed by atoms with Crippen molar-refractivity contribution in [2.45, 2.75) is 122 Å². The Bertz CT molecular complexity index is 730. The first kappa shape index (κ1) is 24.9. The average Bonchev–Trinajstić information content (AvgIpc) is 2.85. The second kappa shape index (κ2) is 14.4. The van der Waals surface area contributed by atoms with Crippen LogP contribution in [0.2, 0.25) is 0 Å². The molecule has 2 aromatic heterocycles. The molecule has 1 fully saturated rings. The van der Waals surface area contributed by atoms with E-state index in [1.165, 1.54) is 108 Å². The SMILES string of the molecule is CCCCCCCCc1cnc(-c2ccc(C3CCC(CCCCCC)CC3)nc2)nc1. The van der Waals surface area contributed by atoms with Crippen molar-refractivity contribution in [1.82, 2.24) is 15.0 Å². The standard InChI is InChI=1S/C29H45N3/c1-3-5-7-9-10-12-14-25-21-31-29(32-22-25)27-19-20-28(30-23-27)26-17-15-24(16-18-26)13-11-8-6-4-2/h19-24,26H,3-18H2,1-2H3. The van der Waals surface area contributed by atoms with Crippen molar-refractivity contribution in [3.63, 3.8) is 0 Å². The van der Waals surface area contributed by atoms with Gasteiger partial charge in [0.05, 0.1) is 0 Å². The maximum absolute atomic E-state index is 4.82. The molecule has 0 aromatic carbocycles. The highest BCUT2D eigenvalue weighted by Gasteiger charge is 2.23. The number of hydrogen-bond acceptors (Lipinski definition) is 3. The summed E-state index contributed by atoms with van der Waals surface area (Å²) >= 11 is 0. The Morgan fingerprint density at radius 3 is 2.00 bits per heavy atom. The maximum Gasteiger partial charge on any atom is 0.160 e. The predicted molar refractivity (Wildman–Crippen MR) is 136 cm³/mol. The fourth-order valence-corrected chi connectivity index (χ4v) is 5.13. The first-order valence-corrected chi connectivity index (χ1v) is 13.6. The smallest absolute Gasteiger partial charge is 0.160 e. The zero-order valence-electron chi connectivity index (χ0n) is 20.7. The van der Waals surface area contributed by atoms with Crippen LogP contribution in [0.5, 0.6) is 0 Å². The third-order valence-electron chi connectivity index (χ3n) is 7.30. The van der Waals surface area contributed by atoms with Crippen LogP contribution in [0.1, 0.15) is 127 Å². The molecule has 176 valence electrons. The second-order valence-electron chi connectivity index (χ2n) is 9.97. The molecule has 0 aliphatic heterocycles. The van der Waals surface area contributed by atoms with E-state index in [1.807, 2.05) is 18.6 Å². The minimum Gasteiger partial charge on any atom is -0.260 e. The van der Waals surface area contributed by atoms with Gasteiger partial charge in [0.2, 0.25) is 0 Å². The summed E-state index contributed by atoms with van der Waals surface area (Å²) < 4.78 is 0. The van der Waals surface area contributed by atoms with Gasteiger partial charge < -0.3 is 0 Å². The van der Waals surface area contributed by atoms with Crippen molar-refractivity contribution >= 4 is 0 Å². The zero-order chi connectivity index (χ0) is 22.4. The molecule has 0 spiro atoms. The number of hydrogen-bond donors (Lipinski definition) is 0. The van der Waals surface area contributed by atoms with Crippen molar-refractivity contribution in [2.75, 3.05) is 0 Å². The molecule has 0 radical (unpaired) electrons. The van der Waals surface area contributed by atoms with Crippen LogP contribution in [0.15, 0.2) is 30.7 Å². The second-order valence-corrected chi connectivity index (χ2v) is 9.97. The molecule has 0 unspecified atom stereocenters. The summed E-state index contributed by atoms with van der Waals surface area (Å²) in [5, 5.41) is 0. The highest BCUT2D eigenvalue weighted by molar-refractivity contribution is 5.53. The fraction of sp³-hybridized carbons (Fsp3) is 0.690. The number of rotatable bonds is 14. The van der Waals surface area contributed by atoms with Crippen LogP contribution >= 0.6 is 0 Å². The van der Waals surface area contributed by atoms with E-state index < -0.39 is 0 Å². The Morgan fingerprint density at radius 2 is 1.34 bits per heavy atom. The van der Waals surface area contributed by atoms with Crippen LogP contribution in [0.25, 0.3) is 11.4 Å². The van der Waals surface area contributed by atoms with Gasteiger partial charge in [-0.2, -0.15) is 0 Å². The molecule has 2 aromatic rings. The molecule has 0 atom stereocenters. The number of aromatic nitrogens is 3. The van der Waals surface area contributed by atoms with Gasteiger partial charge in [0.15, 0.2) is 5.82 Å². The largest absolute Gasteiger partial charge is 0.260 e. The lowest BCUT2D eigenvalue weighted by molar-refractivity contribution is 0.299. The van der Waals surface area contributed by atoms with E-state index in [9.17, 15) is 0 Å². The molecule has 1 saturated carbocycles. The molecule has 1 aliphatic rings. The topological polar surface area (TPSA) is 38.7 Å². The molecule has 0 saturated heterocycles. The maximum atomic E-state index is 4.82. The van der Waals surface area contributed by atoms with Gasteiger partial charge in [0.25, 0.3) is 0 Å². The van der Waals surface area contributed by atoms with E-state index in [4.69, 9.17) is 4.98 Å². The Kier molecular flexibility index (Phi) is 11.2. The van der Waals surface area contributed by atoms with Crippen molar-refractivity contribution in [3.05, 3.63) is 42.0 Å². The summed E-state index contributed by atoms with van der Waals surface area (Å²) in [5.74, 6) is 2.38. The summed E-state index contributed by atoms with van der Waals surface area (Å²) in [7, 11) is 0. The number of unbranched alkanes of at least 4 members (excludes halogenated alkanes) is 8. The van der Waals surface area contributed by atoms with E-state index in [0.29, 0.717) is 5.92 Å². The van der Waals surface area contributed by atoms with Crippen LogP contribution in [-0.4, -0.2) is 15.0 Å². The number of nitrogens with zero attached hydrogens (tertiary/aromatic N) is 3. The van der Waals surface area contributed by atoms with Crippen molar-refractivity contribution in [1.29, 1.82) is 0 Å². The van der Waals surface area contributed by atoms with Crippen LogP contribution < -0.4 is 0 Å². The summed E-state index contributed by atoms with van der Waals surface area (Å²) in [6.07, 6.45) is 27.4. The number of aryl methyl sites for hydroxylation is 1. The van der Waals surface area contributed by atoms with E-state index in [1.54, 1.807) is 0 Å². The zero-order valence-corrected chi connectivity index (χ0v) is 20.7. The van der Waals surface area contributed by atoms with Crippen molar-refractivity contribution < 1.29 is 0 Å². The predicted octanol–water partition coefficient (Wildman–Crippen LogP) is 8.69. The first-order chi connectivity index (χ1) is 15.8. The summed E-state index contributed by atoms with van der Waals surface area (Å²) in [4.78, 5) is 14.1. The van der Waals surface area contributed by atoms with Crippen LogP contribution in [0, 0.1) is 5.92 Å². The van der Waals surface area contributed by atoms with Crippen molar-refractivity contribution in [2.24, 2.45) is 5.92 Å². The molecule has 32 heavy (non-hydrogen) atoms. The van der Waals surface area contributed by atoms with E-state index in [-0.39, 0.29) is 0 Å². The lowest BCUT2D eigenvalue weighted by atomic mass is 9.78. The Morgan fingerprint density at radius 1 is 0.688 bits per heavy atom. The first-order valence-electron chi connectivity index (χ1n) is 13.6. The molecule has 0 amide bonds. The molecule has 0 N–H and O–H groups in total. The fourth-order valence-electron chi connectivity index (χ4n) is 5.13. The quantitative estimate of drug-likeness (QED) is 0.278. The van der Waals surface area contributed by atoms with Crippen LogP contribution in [0.4, 0.5) is 0 Å². The third-order valence-corrected chi connectivity index (χ3v) is 7.30. The minimum atomic E-state index is 0.636. The van der Waals surface area contributed by atoms with Gasteiger partial charge >= 0.3 is 0 Å². The molecule has 0 bridgehead atoms. The van der Waals surface area contributed by atoms with E-state index in [0.717, 1.165) is 23.7 Å². The van der Waals surface area contributed by atoms with Gasteiger partial charge in [-0.05, 0) is 62.1 Å².